The van der Waals surface area contributed by atoms with E-state index in [4.69, 9.17) is 5.26 Å². The molecule has 0 heterocycles. The van der Waals surface area contributed by atoms with E-state index in [-0.39, 0.29) is 0 Å². The number of hydrogen-bond donors (Lipinski definition) is 0. The molecule has 0 bridgehead atoms. The van der Waals surface area contributed by atoms with Gasteiger partial charge in [0.1, 0.15) is 0 Å². The maximum atomic E-state index is 7.62. The smallest absolute Gasteiger partial charge is 0.0618 e. The van der Waals surface area contributed by atoms with Crippen molar-refractivity contribution in [3.8, 4) is 6.07 Å². The molecule has 0 unspecified atom stereocenters. The lowest BCUT2D eigenvalue weighted by atomic mass is 10.1. The lowest BCUT2D eigenvalue weighted by molar-refractivity contribution is 1.22. The molecule has 0 spiro atoms. The van der Waals surface area contributed by atoms with Gasteiger partial charge in [-0.25, -0.2) is 0 Å². The van der Waals surface area contributed by atoms with Crippen LogP contribution >= 0.6 is 0 Å². The van der Waals surface area contributed by atoms with E-state index in [1.54, 1.807) is 0 Å². The Balaban J connectivity index is 0.000000213. The summed E-state index contributed by atoms with van der Waals surface area (Å²) in [6, 6.07) is 18.6. The Morgan fingerprint density at radius 2 is 1.21 bits per heavy atom. The molecule has 0 amide bonds. The zero-order valence-corrected chi connectivity index (χ0v) is 8.27. The Bertz CT molecular complexity index is 361. The van der Waals surface area contributed by atoms with Gasteiger partial charge in [-0.2, -0.15) is 5.26 Å². The molecule has 14 heavy (non-hydrogen) atoms. The Hall–Kier alpha value is -1.81. The topological polar surface area (TPSA) is 23.8 Å². The molecule has 0 aliphatic heterocycles. The fraction of sp³-hybridized carbons (Fsp3) is 0.154. The van der Waals surface area contributed by atoms with Gasteiger partial charge in [0.15, 0.2) is 0 Å². The van der Waals surface area contributed by atoms with Crippen LogP contribution in [0.1, 0.15) is 13.3 Å². The Morgan fingerprint density at radius 3 is 1.43 bits per heavy atom. The van der Waals surface area contributed by atoms with Gasteiger partial charge in [0.25, 0.3) is 0 Å². The van der Waals surface area contributed by atoms with Crippen LogP contribution in [0.25, 0.3) is 10.8 Å². The zero-order chi connectivity index (χ0) is 10.2. The normalized spacial score (nSPS) is 8.57. The Kier molecular flexibility index (Phi) is 4.23. The predicted octanol–water partition coefficient (Wildman–Crippen LogP) is 3.76. The maximum Gasteiger partial charge on any atom is 0.0618 e. The van der Waals surface area contributed by atoms with E-state index in [0.717, 1.165) is 0 Å². The molecular weight excluding hydrogens is 170 g/mol. The van der Waals surface area contributed by atoms with Crippen molar-refractivity contribution in [3.05, 3.63) is 48.5 Å². The molecule has 2 aromatic carbocycles. The summed E-state index contributed by atoms with van der Waals surface area (Å²) in [6.45, 7) is 1.82. The largest absolute Gasteiger partial charge is 0.198 e. The highest BCUT2D eigenvalue weighted by atomic mass is 14.2. The minimum Gasteiger partial charge on any atom is -0.198 e. The lowest BCUT2D eigenvalue weighted by Crippen LogP contribution is -1.67. The van der Waals surface area contributed by atoms with Crippen molar-refractivity contribution in [2.75, 3.05) is 0 Å². The summed E-state index contributed by atoms with van der Waals surface area (Å²) in [7, 11) is 0. The SMILES string of the molecule is CCC#N.c1ccc2ccccc2c1. The van der Waals surface area contributed by atoms with E-state index in [1.807, 2.05) is 13.0 Å². The first-order chi connectivity index (χ1) is 6.88. The third-order valence-corrected chi connectivity index (χ3v) is 1.82. The molecule has 0 saturated carbocycles. The van der Waals surface area contributed by atoms with E-state index >= 15 is 0 Å². The van der Waals surface area contributed by atoms with E-state index in [1.165, 1.54) is 10.8 Å². The van der Waals surface area contributed by atoms with Crippen LogP contribution < -0.4 is 0 Å². The Morgan fingerprint density at radius 1 is 0.929 bits per heavy atom. The van der Waals surface area contributed by atoms with Crippen molar-refractivity contribution >= 4 is 10.8 Å². The first kappa shape index (κ1) is 10.3. The van der Waals surface area contributed by atoms with Crippen molar-refractivity contribution in [3.63, 3.8) is 0 Å². The van der Waals surface area contributed by atoms with E-state index in [2.05, 4.69) is 48.5 Å². The van der Waals surface area contributed by atoms with Crippen molar-refractivity contribution in [1.29, 1.82) is 5.26 Å². The van der Waals surface area contributed by atoms with E-state index < -0.39 is 0 Å². The average Bonchev–Trinajstić information content (AvgIpc) is 2.30. The molecule has 2 rings (SSSR count). The highest BCUT2D eigenvalue weighted by Crippen LogP contribution is 2.11. The average molecular weight is 183 g/mol. The second-order valence-electron chi connectivity index (χ2n) is 2.86. The van der Waals surface area contributed by atoms with E-state index in [0.29, 0.717) is 6.42 Å². The monoisotopic (exact) mass is 183 g/mol. The minimum absolute atomic E-state index is 0.625. The van der Waals surface area contributed by atoms with Crippen LogP contribution in [-0.2, 0) is 0 Å². The first-order valence-electron chi connectivity index (χ1n) is 4.69. The molecular formula is C13H13N. The van der Waals surface area contributed by atoms with Gasteiger partial charge in [0.05, 0.1) is 6.07 Å². The summed E-state index contributed by atoms with van der Waals surface area (Å²) in [5.74, 6) is 0. The minimum atomic E-state index is 0.625. The summed E-state index contributed by atoms with van der Waals surface area (Å²) in [6.07, 6.45) is 0.625. The molecule has 70 valence electrons. The number of nitriles is 1. The zero-order valence-electron chi connectivity index (χ0n) is 8.27. The van der Waals surface area contributed by atoms with Crippen LogP contribution in [0.3, 0.4) is 0 Å². The standard InChI is InChI=1S/C10H8.C3H5N/c1-2-6-10-8-4-3-7-9(10)5-1;1-2-3-4/h1-8H;2H2,1H3. The quantitative estimate of drug-likeness (QED) is 0.610. The molecule has 0 aliphatic carbocycles. The van der Waals surface area contributed by atoms with Crippen molar-refractivity contribution in [2.24, 2.45) is 0 Å². The highest BCUT2D eigenvalue weighted by Gasteiger charge is 1.85. The molecule has 2 aromatic rings. The summed E-state index contributed by atoms with van der Waals surface area (Å²) >= 11 is 0. The molecule has 0 aromatic heterocycles. The van der Waals surface area contributed by atoms with Crippen molar-refractivity contribution in [2.45, 2.75) is 13.3 Å². The van der Waals surface area contributed by atoms with Crippen molar-refractivity contribution < 1.29 is 0 Å². The van der Waals surface area contributed by atoms with Gasteiger partial charge in [0, 0.05) is 6.42 Å². The van der Waals surface area contributed by atoms with Crippen LogP contribution in [-0.4, -0.2) is 0 Å². The number of hydrogen-bond acceptors (Lipinski definition) is 1. The van der Waals surface area contributed by atoms with Gasteiger partial charge in [-0.1, -0.05) is 55.5 Å². The van der Waals surface area contributed by atoms with Gasteiger partial charge in [-0.3, -0.25) is 0 Å². The summed E-state index contributed by atoms with van der Waals surface area (Å²) in [5.41, 5.74) is 0. The van der Waals surface area contributed by atoms with Gasteiger partial charge in [-0.15, -0.1) is 0 Å². The van der Waals surface area contributed by atoms with Gasteiger partial charge < -0.3 is 0 Å². The van der Waals surface area contributed by atoms with Gasteiger partial charge in [-0.05, 0) is 10.8 Å². The van der Waals surface area contributed by atoms with Crippen LogP contribution in [0.4, 0.5) is 0 Å². The van der Waals surface area contributed by atoms with Gasteiger partial charge >= 0.3 is 0 Å². The fourth-order valence-electron chi connectivity index (χ4n) is 1.13. The molecule has 0 aliphatic rings. The van der Waals surface area contributed by atoms with Crippen LogP contribution in [0.2, 0.25) is 0 Å². The van der Waals surface area contributed by atoms with Crippen LogP contribution in [0.5, 0.6) is 0 Å². The fourth-order valence-corrected chi connectivity index (χ4v) is 1.13. The molecule has 1 heteroatoms. The molecule has 1 nitrogen and oxygen atoms in total. The third kappa shape index (κ3) is 2.91. The number of benzene rings is 2. The molecule has 0 radical (unpaired) electrons. The molecule has 0 fully saturated rings. The summed E-state index contributed by atoms with van der Waals surface area (Å²) < 4.78 is 0. The van der Waals surface area contributed by atoms with Crippen LogP contribution in [0, 0.1) is 11.3 Å². The number of nitrogens with zero attached hydrogens (tertiary/aromatic N) is 1. The first-order valence-corrected chi connectivity index (χ1v) is 4.69. The van der Waals surface area contributed by atoms with Gasteiger partial charge in [0.2, 0.25) is 0 Å². The van der Waals surface area contributed by atoms with Crippen molar-refractivity contribution in [1.82, 2.24) is 0 Å². The van der Waals surface area contributed by atoms with E-state index in [9.17, 15) is 0 Å². The predicted molar refractivity (Wildman–Crippen MR) is 59.9 cm³/mol. The molecule has 0 saturated heterocycles. The van der Waals surface area contributed by atoms with Crippen LogP contribution in [0.15, 0.2) is 48.5 Å². The lowest BCUT2D eigenvalue weighted by Gasteiger charge is -1.92. The number of fused-ring (bicyclic) bond motifs is 1. The number of rotatable bonds is 0. The molecule has 0 N–H and O–H groups in total. The summed E-state index contributed by atoms with van der Waals surface area (Å²) in [5, 5.41) is 10.2. The second-order valence-corrected chi connectivity index (χ2v) is 2.86. The molecule has 0 atom stereocenters. The summed E-state index contributed by atoms with van der Waals surface area (Å²) in [4.78, 5) is 0. The maximum absolute atomic E-state index is 7.62. The Labute approximate surface area is 84.6 Å². The second kappa shape index (κ2) is 5.77. The highest BCUT2D eigenvalue weighted by molar-refractivity contribution is 5.81. The third-order valence-electron chi connectivity index (χ3n) is 1.82.